The molecule has 3 rings (SSSR count). The molecule has 1 aromatic carbocycles. The number of cyclic esters (lactones) is 1. The Kier molecular flexibility index (Phi) is 4.10. The lowest BCUT2D eigenvalue weighted by atomic mass is 10.0. The highest BCUT2D eigenvalue weighted by atomic mass is 32.2. The maximum Gasteiger partial charge on any atom is 0.331 e. The molecule has 1 N–H and O–H groups in total. The van der Waals surface area contributed by atoms with Gasteiger partial charge in [-0.1, -0.05) is 36.4 Å². The van der Waals surface area contributed by atoms with Crippen molar-refractivity contribution < 1.29 is 17.9 Å². The van der Waals surface area contributed by atoms with Gasteiger partial charge in [0.2, 0.25) is 0 Å². The fraction of sp³-hybridized carbons (Fsp3) is 0.133. The first kappa shape index (κ1) is 15.0. The fourth-order valence-corrected chi connectivity index (χ4v) is 4.44. The van der Waals surface area contributed by atoms with Gasteiger partial charge >= 0.3 is 5.97 Å². The van der Waals surface area contributed by atoms with Crippen molar-refractivity contribution in [1.82, 2.24) is 4.72 Å². The molecule has 1 aliphatic heterocycles. The van der Waals surface area contributed by atoms with E-state index in [1.807, 2.05) is 18.2 Å². The molecule has 1 aromatic heterocycles. The molecular formula is C15H13NO4S2. The van der Waals surface area contributed by atoms with Crippen LogP contribution in [-0.2, 0) is 19.6 Å². The molecule has 0 unspecified atom stereocenters. The van der Waals surface area contributed by atoms with E-state index in [1.54, 1.807) is 29.7 Å². The summed E-state index contributed by atoms with van der Waals surface area (Å²) in [5.74, 6) is -0.471. The molecule has 22 heavy (non-hydrogen) atoms. The predicted molar refractivity (Wildman–Crippen MR) is 82.8 cm³/mol. The van der Waals surface area contributed by atoms with Crippen molar-refractivity contribution in [2.75, 3.05) is 0 Å². The third kappa shape index (κ3) is 3.11. The van der Waals surface area contributed by atoms with E-state index in [9.17, 15) is 13.2 Å². The number of sulfonamides is 1. The van der Waals surface area contributed by atoms with Crippen molar-refractivity contribution >= 4 is 27.3 Å². The van der Waals surface area contributed by atoms with Gasteiger partial charge in [0.1, 0.15) is 10.3 Å². The first-order valence-electron chi connectivity index (χ1n) is 6.56. The smallest absolute Gasteiger partial charge is 0.331 e. The van der Waals surface area contributed by atoms with Gasteiger partial charge in [0.25, 0.3) is 10.0 Å². The number of thiophene rings is 1. The average molecular weight is 335 g/mol. The number of carbonyl (C=O) groups excluding carboxylic acids is 1. The molecule has 5 nitrogen and oxygen atoms in total. The van der Waals surface area contributed by atoms with E-state index < -0.39 is 28.1 Å². The minimum atomic E-state index is -3.68. The Morgan fingerprint density at radius 1 is 1.14 bits per heavy atom. The van der Waals surface area contributed by atoms with Crippen molar-refractivity contribution in [1.29, 1.82) is 0 Å². The van der Waals surface area contributed by atoms with Crippen LogP contribution in [0.5, 0.6) is 0 Å². The number of carbonyl (C=O) groups is 1. The van der Waals surface area contributed by atoms with Crippen LogP contribution in [0.1, 0.15) is 11.6 Å². The van der Waals surface area contributed by atoms with Crippen molar-refractivity contribution in [2.45, 2.75) is 16.4 Å². The number of ether oxygens (including phenoxy) is 1. The summed E-state index contributed by atoms with van der Waals surface area (Å²) in [7, 11) is -3.68. The molecule has 0 spiro atoms. The maximum absolute atomic E-state index is 12.4. The van der Waals surface area contributed by atoms with Gasteiger partial charge in [0.05, 0.1) is 6.04 Å². The topological polar surface area (TPSA) is 72.5 Å². The monoisotopic (exact) mass is 335 g/mol. The minimum absolute atomic E-state index is 0.224. The number of hydrogen-bond acceptors (Lipinski definition) is 5. The molecule has 2 heterocycles. The number of benzene rings is 1. The SMILES string of the molecule is O=C1C=C[C@@H]([C@@H](NS(=O)(=O)c2cccs2)c2ccccc2)O1. The fourth-order valence-electron chi connectivity index (χ4n) is 2.19. The summed E-state index contributed by atoms with van der Waals surface area (Å²) in [5, 5.41) is 1.70. The molecule has 0 bridgehead atoms. The first-order chi connectivity index (χ1) is 10.6. The average Bonchev–Trinajstić information content (AvgIpc) is 3.17. The van der Waals surface area contributed by atoms with E-state index in [-0.39, 0.29) is 4.21 Å². The Bertz CT molecular complexity index is 782. The van der Waals surface area contributed by atoms with E-state index in [2.05, 4.69) is 4.72 Å². The summed E-state index contributed by atoms with van der Waals surface area (Å²) in [6, 6.07) is 11.6. The van der Waals surface area contributed by atoms with Crippen molar-refractivity contribution in [3.63, 3.8) is 0 Å². The largest absolute Gasteiger partial charge is 0.453 e. The molecule has 1 aliphatic rings. The van der Waals surface area contributed by atoms with E-state index in [4.69, 9.17) is 4.74 Å². The van der Waals surface area contributed by atoms with E-state index in [1.165, 1.54) is 12.1 Å². The lowest BCUT2D eigenvalue weighted by Crippen LogP contribution is -2.35. The molecule has 0 fully saturated rings. The van der Waals surface area contributed by atoms with Gasteiger partial charge < -0.3 is 4.74 Å². The van der Waals surface area contributed by atoms with Crippen LogP contribution in [-0.4, -0.2) is 20.5 Å². The van der Waals surface area contributed by atoms with Crippen LogP contribution in [0.2, 0.25) is 0 Å². The standard InChI is InChI=1S/C15H13NO4S2/c17-13-9-8-12(20-13)15(11-5-2-1-3-6-11)16-22(18,19)14-7-4-10-21-14/h1-10,12,15-16H/t12-,15-/m0/s1. The van der Waals surface area contributed by atoms with Gasteiger partial charge in [-0.3, -0.25) is 0 Å². The van der Waals surface area contributed by atoms with Gasteiger partial charge in [0.15, 0.2) is 0 Å². The molecule has 2 aromatic rings. The first-order valence-corrected chi connectivity index (χ1v) is 8.92. The molecule has 0 amide bonds. The van der Waals surface area contributed by atoms with E-state index >= 15 is 0 Å². The van der Waals surface area contributed by atoms with Crippen LogP contribution in [0.15, 0.2) is 64.2 Å². The summed E-state index contributed by atoms with van der Waals surface area (Å²) >= 11 is 1.13. The van der Waals surface area contributed by atoms with Crippen LogP contribution >= 0.6 is 11.3 Å². The lowest BCUT2D eigenvalue weighted by molar-refractivity contribution is -0.139. The second-order valence-corrected chi connectivity index (χ2v) is 7.59. The summed E-state index contributed by atoms with van der Waals surface area (Å²) < 4.78 is 32.9. The molecule has 0 saturated heterocycles. The van der Waals surface area contributed by atoms with E-state index in [0.29, 0.717) is 0 Å². The van der Waals surface area contributed by atoms with Crippen LogP contribution in [0.3, 0.4) is 0 Å². The zero-order valence-corrected chi connectivity index (χ0v) is 13.0. The Balaban J connectivity index is 1.93. The normalized spacial score (nSPS) is 19.1. The van der Waals surface area contributed by atoms with Crippen molar-refractivity contribution in [2.24, 2.45) is 0 Å². The van der Waals surface area contributed by atoms with Crippen LogP contribution in [0.4, 0.5) is 0 Å². The highest BCUT2D eigenvalue weighted by Crippen LogP contribution is 2.27. The second kappa shape index (κ2) is 6.04. The summed E-state index contributed by atoms with van der Waals surface area (Å²) in [5.41, 5.74) is 0.729. The molecule has 0 radical (unpaired) electrons. The van der Waals surface area contributed by atoms with Gasteiger partial charge in [-0.2, -0.15) is 4.72 Å². The molecule has 0 aliphatic carbocycles. The van der Waals surface area contributed by atoms with Gasteiger partial charge in [0, 0.05) is 6.08 Å². The van der Waals surface area contributed by atoms with Crippen LogP contribution in [0.25, 0.3) is 0 Å². The third-order valence-corrected chi connectivity index (χ3v) is 6.04. The Morgan fingerprint density at radius 2 is 1.91 bits per heavy atom. The highest BCUT2D eigenvalue weighted by Gasteiger charge is 2.32. The molecule has 114 valence electrons. The number of esters is 1. The molecule has 0 saturated carbocycles. The summed E-state index contributed by atoms with van der Waals surface area (Å²) in [6.45, 7) is 0. The van der Waals surface area contributed by atoms with Crippen LogP contribution in [0, 0.1) is 0 Å². The number of nitrogens with one attached hydrogen (secondary N) is 1. The van der Waals surface area contributed by atoms with E-state index in [0.717, 1.165) is 16.9 Å². The number of hydrogen-bond donors (Lipinski definition) is 1. The zero-order chi connectivity index (χ0) is 15.6. The van der Waals surface area contributed by atoms with Crippen LogP contribution < -0.4 is 4.72 Å². The maximum atomic E-state index is 12.4. The zero-order valence-electron chi connectivity index (χ0n) is 11.4. The lowest BCUT2D eigenvalue weighted by Gasteiger charge is -2.23. The molecule has 2 atom stereocenters. The number of rotatable bonds is 5. The minimum Gasteiger partial charge on any atom is -0.453 e. The highest BCUT2D eigenvalue weighted by molar-refractivity contribution is 7.91. The third-order valence-electron chi connectivity index (χ3n) is 3.20. The quantitative estimate of drug-likeness (QED) is 0.851. The Hall–Kier alpha value is -1.96. The predicted octanol–water partition coefficient (Wildman–Crippen LogP) is 2.25. The Morgan fingerprint density at radius 3 is 2.50 bits per heavy atom. The summed E-state index contributed by atoms with van der Waals surface area (Å²) in [4.78, 5) is 11.3. The van der Waals surface area contributed by atoms with Gasteiger partial charge in [-0.25, -0.2) is 13.2 Å². The second-order valence-electron chi connectivity index (χ2n) is 4.70. The van der Waals surface area contributed by atoms with Crippen molar-refractivity contribution in [3.8, 4) is 0 Å². The molecule has 7 heteroatoms. The summed E-state index contributed by atoms with van der Waals surface area (Å²) in [6.07, 6.45) is 2.21. The van der Waals surface area contributed by atoms with Crippen molar-refractivity contribution in [3.05, 3.63) is 65.6 Å². The van der Waals surface area contributed by atoms with Gasteiger partial charge in [-0.05, 0) is 23.1 Å². The van der Waals surface area contributed by atoms with Gasteiger partial charge in [-0.15, -0.1) is 11.3 Å². The Labute approximate surface area is 132 Å². The molecular weight excluding hydrogens is 322 g/mol.